The lowest BCUT2D eigenvalue weighted by Gasteiger charge is -2.36. The Kier molecular flexibility index (Phi) is 5.72. The van der Waals surface area contributed by atoms with E-state index in [0.717, 1.165) is 0 Å². The molecule has 0 bridgehead atoms. The van der Waals surface area contributed by atoms with Gasteiger partial charge >= 0.3 is 5.51 Å². The largest absolute Gasteiger partial charge is 0.467 e. The topological polar surface area (TPSA) is 47.3 Å². The zero-order chi connectivity index (χ0) is 18.0. The molecular formula is C15H16ClF3N2O2S. The number of benzene rings is 1. The summed E-state index contributed by atoms with van der Waals surface area (Å²) in [6, 6.07) is 6.32. The highest BCUT2D eigenvalue weighted by Crippen LogP contribution is 2.44. The molecule has 1 heterocycles. The monoisotopic (exact) mass is 380 g/mol. The van der Waals surface area contributed by atoms with E-state index in [1.54, 1.807) is 24.3 Å². The SMILES string of the molecule is CC(C)(SC(F)(F)F)C(O)C(Oc1ccc(Cl)cc1)n1ccnc1. The maximum Gasteiger partial charge on any atom is 0.442 e. The fraction of sp³-hybridized carbons (Fsp3) is 0.400. The van der Waals surface area contributed by atoms with Crippen LogP contribution in [0.4, 0.5) is 13.2 Å². The van der Waals surface area contributed by atoms with Crippen LogP contribution in [0.5, 0.6) is 5.75 Å². The summed E-state index contributed by atoms with van der Waals surface area (Å²) in [4.78, 5) is 3.86. The number of nitrogens with zero attached hydrogens (tertiary/aromatic N) is 2. The summed E-state index contributed by atoms with van der Waals surface area (Å²) in [6.45, 7) is 2.62. The third-order valence-corrected chi connectivity index (χ3v) is 4.50. The van der Waals surface area contributed by atoms with Crippen LogP contribution in [-0.4, -0.2) is 31.0 Å². The number of halogens is 4. The van der Waals surface area contributed by atoms with Gasteiger partial charge in [-0.25, -0.2) is 4.98 Å². The zero-order valence-corrected chi connectivity index (χ0v) is 14.4. The van der Waals surface area contributed by atoms with Gasteiger partial charge < -0.3 is 9.84 Å². The van der Waals surface area contributed by atoms with Crippen LogP contribution < -0.4 is 4.74 Å². The highest BCUT2D eigenvalue weighted by Gasteiger charge is 2.45. The van der Waals surface area contributed by atoms with E-state index >= 15 is 0 Å². The fourth-order valence-electron chi connectivity index (χ4n) is 2.06. The minimum atomic E-state index is -4.48. The molecule has 0 saturated heterocycles. The van der Waals surface area contributed by atoms with Crippen molar-refractivity contribution in [2.75, 3.05) is 0 Å². The molecule has 9 heteroatoms. The number of alkyl halides is 3. The Bertz CT molecular complexity index is 648. The van der Waals surface area contributed by atoms with Crippen LogP contribution in [0, 0.1) is 0 Å². The number of rotatable bonds is 6. The summed E-state index contributed by atoms with van der Waals surface area (Å²) < 4.78 is 43.9. The van der Waals surface area contributed by atoms with Crippen molar-refractivity contribution in [1.82, 2.24) is 9.55 Å². The molecular weight excluding hydrogens is 365 g/mol. The van der Waals surface area contributed by atoms with Crippen molar-refractivity contribution >= 4 is 23.4 Å². The van der Waals surface area contributed by atoms with E-state index in [4.69, 9.17) is 16.3 Å². The summed E-state index contributed by atoms with van der Waals surface area (Å²) in [5.74, 6) is 0.366. The van der Waals surface area contributed by atoms with E-state index in [1.165, 1.54) is 37.1 Å². The molecule has 4 nitrogen and oxygen atoms in total. The highest BCUT2D eigenvalue weighted by atomic mass is 35.5. The fourth-order valence-corrected chi connectivity index (χ4v) is 3.02. The van der Waals surface area contributed by atoms with Crippen LogP contribution in [0.2, 0.25) is 5.02 Å². The zero-order valence-electron chi connectivity index (χ0n) is 12.9. The summed E-state index contributed by atoms with van der Waals surface area (Å²) >= 11 is 5.53. The Morgan fingerprint density at radius 1 is 1.25 bits per heavy atom. The number of aromatic nitrogens is 2. The molecule has 0 spiro atoms. The molecule has 132 valence electrons. The van der Waals surface area contributed by atoms with Gasteiger partial charge in [0.2, 0.25) is 6.23 Å². The smallest absolute Gasteiger partial charge is 0.442 e. The maximum atomic E-state index is 12.8. The third kappa shape index (κ3) is 5.06. The lowest BCUT2D eigenvalue weighted by atomic mass is 10.0. The Morgan fingerprint density at radius 2 is 1.88 bits per heavy atom. The number of imidazole rings is 1. The minimum Gasteiger partial charge on any atom is -0.467 e. The van der Waals surface area contributed by atoms with Gasteiger partial charge in [0.15, 0.2) is 0 Å². The molecule has 0 fully saturated rings. The molecule has 0 radical (unpaired) electrons. The lowest BCUT2D eigenvalue weighted by molar-refractivity contribution is -0.0462. The second-order valence-electron chi connectivity index (χ2n) is 5.57. The molecule has 1 aromatic carbocycles. The quantitative estimate of drug-likeness (QED) is 0.801. The third-order valence-electron chi connectivity index (χ3n) is 3.25. The van der Waals surface area contributed by atoms with Gasteiger partial charge in [-0.15, -0.1) is 0 Å². The number of hydrogen-bond acceptors (Lipinski definition) is 4. The van der Waals surface area contributed by atoms with E-state index in [2.05, 4.69) is 4.98 Å². The molecule has 24 heavy (non-hydrogen) atoms. The van der Waals surface area contributed by atoms with Crippen LogP contribution in [-0.2, 0) is 0 Å². The Balaban J connectivity index is 2.27. The van der Waals surface area contributed by atoms with E-state index in [1.807, 2.05) is 0 Å². The molecule has 0 amide bonds. The van der Waals surface area contributed by atoms with E-state index in [9.17, 15) is 18.3 Å². The van der Waals surface area contributed by atoms with Gasteiger partial charge in [-0.3, -0.25) is 4.57 Å². The van der Waals surface area contributed by atoms with Gasteiger partial charge in [-0.05, 0) is 49.9 Å². The van der Waals surface area contributed by atoms with Crippen LogP contribution in [0.25, 0.3) is 0 Å². The maximum absolute atomic E-state index is 12.8. The van der Waals surface area contributed by atoms with E-state index < -0.39 is 22.6 Å². The van der Waals surface area contributed by atoms with Crippen molar-refractivity contribution in [2.45, 2.75) is 36.4 Å². The number of aliphatic hydroxyl groups is 1. The molecule has 2 atom stereocenters. The van der Waals surface area contributed by atoms with E-state index in [0.29, 0.717) is 10.8 Å². The average Bonchev–Trinajstić information content (AvgIpc) is 2.97. The van der Waals surface area contributed by atoms with Gasteiger partial charge in [0.1, 0.15) is 11.9 Å². The number of ether oxygens (including phenoxy) is 1. The second-order valence-corrected chi connectivity index (χ2v) is 7.72. The van der Waals surface area contributed by atoms with Gasteiger partial charge in [-0.2, -0.15) is 13.2 Å². The lowest BCUT2D eigenvalue weighted by Crippen LogP contribution is -2.44. The number of aliphatic hydroxyl groups excluding tert-OH is 1. The molecule has 0 saturated carbocycles. The Morgan fingerprint density at radius 3 is 2.38 bits per heavy atom. The predicted molar refractivity (Wildman–Crippen MR) is 87.1 cm³/mol. The first-order valence-corrected chi connectivity index (χ1v) is 8.12. The minimum absolute atomic E-state index is 0.279. The van der Waals surface area contributed by atoms with Crippen LogP contribution in [0.1, 0.15) is 20.1 Å². The van der Waals surface area contributed by atoms with Gasteiger partial charge in [-0.1, -0.05) is 11.6 Å². The molecule has 2 aromatic rings. The number of thioether (sulfide) groups is 1. The van der Waals surface area contributed by atoms with Gasteiger partial charge in [0.25, 0.3) is 0 Å². The molecule has 2 unspecified atom stereocenters. The highest BCUT2D eigenvalue weighted by molar-refractivity contribution is 8.01. The first-order chi connectivity index (χ1) is 11.1. The second kappa shape index (κ2) is 7.25. The molecule has 0 aliphatic heterocycles. The average molecular weight is 381 g/mol. The summed E-state index contributed by atoms with van der Waals surface area (Å²) in [5.41, 5.74) is -4.48. The summed E-state index contributed by atoms with van der Waals surface area (Å²) in [6.07, 6.45) is 1.79. The molecule has 2 rings (SSSR count). The normalized spacial score (nSPS) is 15.1. The van der Waals surface area contributed by atoms with Crippen molar-refractivity contribution in [3.8, 4) is 5.75 Å². The molecule has 0 aliphatic carbocycles. The molecule has 0 aliphatic rings. The molecule has 1 N–H and O–H groups in total. The number of hydrogen-bond donors (Lipinski definition) is 1. The van der Waals surface area contributed by atoms with Crippen molar-refractivity contribution in [3.63, 3.8) is 0 Å². The summed E-state index contributed by atoms with van der Waals surface area (Å²) in [7, 11) is 0. The van der Waals surface area contributed by atoms with Crippen LogP contribution >= 0.6 is 23.4 Å². The standard InChI is InChI=1S/C15H16ClF3N2O2S/c1-14(2,24-15(17,18)19)12(22)13(21-8-7-20-9-21)23-11-5-3-10(16)4-6-11/h3-9,12-13,22H,1-2H3. The van der Waals surface area contributed by atoms with Crippen LogP contribution in [0.15, 0.2) is 43.0 Å². The van der Waals surface area contributed by atoms with Crippen molar-refractivity contribution in [3.05, 3.63) is 48.0 Å². The van der Waals surface area contributed by atoms with Gasteiger partial charge in [0.05, 0.1) is 11.1 Å². The molecule has 1 aromatic heterocycles. The van der Waals surface area contributed by atoms with Crippen molar-refractivity contribution in [2.24, 2.45) is 0 Å². The van der Waals surface area contributed by atoms with Crippen molar-refractivity contribution < 1.29 is 23.0 Å². The van der Waals surface area contributed by atoms with Gasteiger partial charge in [0, 0.05) is 17.4 Å². The first-order valence-electron chi connectivity index (χ1n) is 6.93. The van der Waals surface area contributed by atoms with Crippen molar-refractivity contribution in [1.29, 1.82) is 0 Å². The summed E-state index contributed by atoms with van der Waals surface area (Å²) in [5, 5.41) is 11.1. The Labute approximate surface area is 146 Å². The first kappa shape index (κ1) is 19.0. The Hall–Kier alpha value is -1.38. The van der Waals surface area contributed by atoms with E-state index in [-0.39, 0.29) is 11.8 Å². The predicted octanol–water partition coefficient (Wildman–Crippen LogP) is 4.51. The van der Waals surface area contributed by atoms with Crippen LogP contribution in [0.3, 0.4) is 0 Å².